The largest absolute Gasteiger partial charge is 0.363 e. The Hall–Kier alpha value is -3.01. The number of benzene rings is 1. The molecule has 0 spiro atoms. The normalized spacial score (nSPS) is 12.6. The number of pyridine rings is 1. The van der Waals surface area contributed by atoms with Gasteiger partial charge in [0.1, 0.15) is 10.7 Å². The van der Waals surface area contributed by atoms with Gasteiger partial charge in [0, 0.05) is 31.1 Å². The average molecular weight is 393 g/mol. The number of aryl methyl sites for hydroxylation is 1. The number of aromatic nitrogens is 3. The summed E-state index contributed by atoms with van der Waals surface area (Å²) in [7, 11) is -2.17. The van der Waals surface area contributed by atoms with Crippen LogP contribution in [0, 0.1) is 11.6 Å². The number of sulfonamides is 1. The summed E-state index contributed by atoms with van der Waals surface area (Å²) in [5.41, 5.74) is 0.873. The van der Waals surface area contributed by atoms with Crippen LogP contribution in [0.25, 0.3) is 0 Å². The van der Waals surface area contributed by atoms with E-state index in [0.29, 0.717) is 5.82 Å². The third-order valence-corrected chi connectivity index (χ3v) is 5.17. The van der Waals surface area contributed by atoms with Gasteiger partial charge in [-0.15, -0.1) is 0 Å². The first-order valence-corrected chi connectivity index (χ1v) is 9.42. The van der Waals surface area contributed by atoms with Crippen molar-refractivity contribution in [3.63, 3.8) is 0 Å². The van der Waals surface area contributed by atoms with Crippen LogP contribution in [0.15, 0.2) is 53.8 Å². The number of halogens is 2. The second-order valence-corrected chi connectivity index (χ2v) is 7.61. The van der Waals surface area contributed by atoms with Gasteiger partial charge < -0.3 is 5.32 Å². The Kier molecular flexibility index (Phi) is 5.08. The molecule has 0 amide bonds. The summed E-state index contributed by atoms with van der Waals surface area (Å²) in [4.78, 5) is 3.99. The fourth-order valence-electron chi connectivity index (χ4n) is 2.37. The van der Waals surface area contributed by atoms with Crippen LogP contribution in [-0.2, 0) is 17.1 Å². The minimum atomic E-state index is -3.98. The monoisotopic (exact) mass is 393 g/mol. The van der Waals surface area contributed by atoms with Crippen LogP contribution in [-0.4, -0.2) is 23.2 Å². The number of hydrogen-bond acceptors (Lipinski definition) is 5. The lowest BCUT2D eigenvalue weighted by Crippen LogP contribution is -2.14. The van der Waals surface area contributed by atoms with Crippen LogP contribution in [0.3, 0.4) is 0 Å². The maximum Gasteiger partial charge on any atom is 0.263 e. The molecule has 0 fully saturated rings. The lowest BCUT2D eigenvalue weighted by molar-refractivity contribution is 0.509. The van der Waals surface area contributed by atoms with Crippen molar-refractivity contribution >= 4 is 21.5 Å². The summed E-state index contributed by atoms with van der Waals surface area (Å²) in [6, 6.07) is 5.56. The summed E-state index contributed by atoms with van der Waals surface area (Å²) < 4.78 is 54.8. The third kappa shape index (κ3) is 4.40. The molecular formula is C17H17F2N5O2S. The van der Waals surface area contributed by atoms with Gasteiger partial charge >= 0.3 is 0 Å². The first-order valence-electron chi connectivity index (χ1n) is 7.93. The SMILES string of the molecule is CC(Nc1ccc(S(=O)(=O)Nc2ccc(F)c(F)c2)cn1)c1cnn(C)c1. The predicted octanol–water partition coefficient (Wildman–Crippen LogP) is 3.07. The molecule has 0 saturated heterocycles. The number of nitrogens with zero attached hydrogens (tertiary/aromatic N) is 3. The predicted molar refractivity (Wildman–Crippen MR) is 96.6 cm³/mol. The first-order chi connectivity index (χ1) is 12.7. The summed E-state index contributed by atoms with van der Waals surface area (Å²) in [6.45, 7) is 1.92. The van der Waals surface area contributed by atoms with Crippen molar-refractivity contribution < 1.29 is 17.2 Å². The fourth-order valence-corrected chi connectivity index (χ4v) is 3.36. The molecule has 27 heavy (non-hydrogen) atoms. The van der Waals surface area contributed by atoms with E-state index in [4.69, 9.17) is 0 Å². The Morgan fingerprint density at radius 2 is 1.89 bits per heavy atom. The zero-order valence-corrected chi connectivity index (χ0v) is 15.3. The third-order valence-electron chi connectivity index (χ3n) is 3.81. The minimum absolute atomic E-state index is 0.0750. The van der Waals surface area contributed by atoms with E-state index in [1.54, 1.807) is 10.9 Å². The van der Waals surface area contributed by atoms with Crippen molar-refractivity contribution in [2.45, 2.75) is 17.9 Å². The second kappa shape index (κ2) is 7.31. The van der Waals surface area contributed by atoms with E-state index >= 15 is 0 Å². The van der Waals surface area contributed by atoms with Gasteiger partial charge in [-0.25, -0.2) is 22.2 Å². The number of nitrogens with one attached hydrogen (secondary N) is 2. The number of rotatable bonds is 6. The molecule has 0 aliphatic rings. The van der Waals surface area contributed by atoms with Crippen LogP contribution in [0.1, 0.15) is 18.5 Å². The van der Waals surface area contributed by atoms with Gasteiger partial charge in [-0.1, -0.05) is 0 Å². The van der Waals surface area contributed by atoms with Crippen LogP contribution >= 0.6 is 0 Å². The van der Waals surface area contributed by atoms with E-state index in [1.807, 2.05) is 20.2 Å². The lowest BCUT2D eigenvalue weighted by atomic mass is 10.2. The average Bonchev–Trinajstić information content (AvgIpc) is 3.05. The topological polar surface area (TPSA) is 88.9 Å². The molecule has 3 rings (SSSR count). The summed E-state index contributed by atoms with van der Waals surface area (Å²) in [5.74, 6) is -1.71. The van der Waals surface area contributed by atoms with Crippen LogP contribution < -0.4 is 10.0 Å². The molecule has 2 N–H and O–H groups in total. The van der Waals surface area contributed by atoms with E-state index < -0.39 is 21.7 Å². The Bertz CT molecular complexity index is 1050. The van der Waals surface area contributed by atoms with Gasteiger partial charge in [0.05, 0.1) is 17.9 Å². The van der Waals surface area contributed by atoms with Crippen molar-refractivity contribution in [2.75, 3.05) is 10.0 Å². The molecule has 1 atom stereocenters. The highest BCUT2D eigenvalue weighted by Crippen LogP contribution is 2.21. The molecule has 10 heteroatoms. The quantitative estimate of drug-likeness (QED) is 0.672. The van der Waals surface area contributed by atoms with Crippen LogP contribution in [0.4, 0.5) is 20.3 Å². The van der Waals surface area contributed by atoms with Gasteiger partial charge in [-0.2, -0.15) is 5.10 Å². The zero-order valence-electron chi connectivity index (χ0n) is 14.5. The first kappa shape index (κ1) is 18.8. The fraction of sp³-hybridized carbons (Fsp3) is 0.176. The molecule has 1 aromatic carbocycles. The molecule has 7 nitrogen and oxygen atoms in total. The van der Waals surface area contributed by atoms with Gasteiger partial charge in [-0.05, 0) is 31.2 Å². The lowest BCUT2D eigenvalue weighted by Gasteiger charge is -2.13. The number of hydrogen-bond donors (Lipinski definition) is 2. The van der Waals surface area contributed by atoms with E-state index in [2.05, 4.69) is 20.1 Å². The Morgan fingerprint density at radius 1 is 1.11 bits per heavy atom. The van der Waals surface area contributed by atoms with E-state index in [1.165, 1.54) is 18.3 Å². The van der Waals surface area contributed by atoms with Gasteiger partial charge in [0.2, 0.25) is 0 Å². The summed E-state index contributed by atoms with van der Waals surface area (Å²) >= 11 is 0. The molecule has 2 heterocycles. The highest BCUT2D eigenvalue weighted by molar-refractivity contribution is 7.92. The van der Waals surface area contributed by atoms with Gasteiger partial charge in [0.15, 0.2) is 11.6 Å². The molecule has 0 aliphatic heterocycles. The molecule has 142 valence electrons. The number of anilines is 2. The molecule has 1 unspecified atom stereocenters. The standard InChI is InChI=1S/C17H17F2N5O2S/c1-11(12-8-21-24(2)10-12)22-17-6-4-14(9-20-17)27(25,26)23-13-3-5-15(18)16(19)7-13/h3-11,23H,1-2H3,(H,20,22). The Morgan fingerprint density at radius 3 is 2.48 bits per heavy atom. The van der Waals surface area contributed by atoms with Gasteiger partial charge in [-0.3, -0.25) is 9.40 Å². The zero-order chi connectivity index (χ0) is 19.6. The minimum Gasteiger partial charge on any atom is -0.363 e. The van der Waals surface area contributed by atoms with Crippen LogP contribution in [0.2, 0.25) is 0 Å². The van der Waals surface area contributed by atoms with Crippen molar-refractivity contribution in [1.82, 2.24) is 14.8 Å². The molecule has 0 aliphatic carbocycles. The maximum atomic E-state index is 13.2. The summed E-state index contributed by atoms with van der Waals surface area (Å²) in [5, 5.41) is 7.24. The van der Waals surface area contributed by atoms with Gasteiger partial charge in [0.25, 0.3) is 10.0 Å². The highest BCUT2D eigenvalue weighted by atomic mass is 32.2. The van der Waals surface area contributed by atoms with E-state index in [9.17, 15) is 17.2 Å². The summed E-state index contributed by atoms with van der Waals surface area (Å²) in [6.07, 6.45) is 4.77. The molecule has 2 aromatic heterocycles. The van der Waals surface area contributed by atoms with Crippen molar-refractivity contribution in [3.05, 3.63) is 66.1 Å². The molecule has 3 aromatic rings. The van der Waals surface area contributed by atoms with Crippen molar-refractivity contribution in [3.8, 4) is 0 Å². The highest BCUT2D eigenvalue weighted by Gasteiger charge is 2.16. The maximum absolute atomic E-state index is 13.2. The molecule has 0 bridgehead atoms. The molecule has 0 radical (unpaired) electrons. The van der Waals surface area contributed by atoms with E-state index in [-0.39, 0.29) is 16.6 Å². The van der Waals surface area contributed by atoms with Crippen molar-refractivity contribution in [1.29, 1.82) is 0 Å². The van der Waals surface area contributed by atoms with Crippen LogP contribution in [0.5, 0.6) is 0 Å². The smallest absolute Gasteiger partial charge is 0.263 e. The Labute approximate surface area is 155 Å². The second-order valence-electron chi connectivity index (χ2n) is 5.93. The van der Waals surface area contributed by atoms with Crippen molar-refractivity contribution in [2.24, 2.45) is 7.05 Å². The molecular weight excluding hydrogens is 376 g/mol. The Balaban J connectivity index is 1.72. The molecule has 0 saturated carbocycles. The van der Waals surface area contributed by atoms with E-state index in [0.717, 1.165) is 23.8 Å².